The second-order valence-corrected chi connectivity index (χ2v) is 4.55. The summed E-state index contributed by atoms with van der Waals surface area (Å²) in [5, 5.41) is 8.81. The fourth-order valence-corrected chi connectivity index (χ4v) is 1.86. The van der Waals surface area contributed by atoms with Crippen LogP contribution in [-0.4, -0.2) is 28.0 Å². The van der Waals surface area contributed by atoms with Gasteiger partial charge in [-0.3, -0.25) is 9.88 Å². The Balaban J connectivity index is 1.97. The maximum atomic E-state index is 10.7. The monoisotopic (exact) mass is 260 g/mol. The zero-order chi connectivity index (χ0) is 13.8. The van der Waals surface area contributed by atoms with E-state index in [1.54, 1.807) is 6.07 Å². The molecular formula is C14H16N2O3. The van der Waals surface area contributed by atoms with Gasteiger partial charge in [0.1, 0.15) is 12.0 Å². The van der Waals surface area contributed by atoms with Crippen molar-refractivity contribution in [3.8, 4) is 0 Å². The molecule has 5 heteroatoms. The van der Waals surface area contributed by atoms with Gasteiger partial charge in [-0.2, -0.15) is 0 Å². The third-order valence-electron chi connectivity index (χ3n) is 2.70. The lowest BCUT2D eigenvalue weighted by Gasteiger charge is -2.14. The van der Waals surface area contributed by atoms with E-state index in [4.69, 9.17) is 9.52 Å². The fourth-order valence-electron chi connectivity index (χ4n) is 1.86. The van der Waals surface area contributed by atoms with E-state index < -0.39 is 5.97 Å². The molecule has 0 aliphatic rings. The van der Waals surface area contributed by atoms with Gasteiger partial charge in [-0.25, -0.2) is 4.79 Å². The highest BCUT2D eigenvalue weighted by Gasteiger charge is 2.10. The van der Waals surface area contributed by atoms with Crippen molar-refractivity contribution in [2.24, 2.45) is 0 Å². The van der Waals surface area contributed by atoms with Crippen LogP contribution in [0.15, 0.2) is 34.9 Å². The van der Waals surface area contributed by atoms with Gasteiger partial charge in [0.15, 0.2) is 0 Å². The van der Waals surface area contributed by atoms with Crippen molar-refractivity contribution in [1.82, 2.24) is 9.88 Å². The Labute approximate surface area is 111 Å². The number of rotatable bonds is 5. The molecule has 0 unspecified atom stereocenters. The van der Waals surface area contributed by atoms with Crippen LogP contribution in [0.25, 0.3) is 0 Å². The number of aromatic carboxylic acids is 1. The highest BCUT2D eigenvalue weighted by molar-refractivity contribution is 5.87. The number of furan rings is 1. The minimum Gasteiger partial charge on any atom is -0.478 e. The van der Waals surface area contributed by atoms with E-state index in [0.717, 1.165) is 11.4 Å². The number of carboxylic acids is 1. The van der Waals surface area contributed by atoms with Gasteiger partial charge in [0.25, 0.3) is 0 Å². The first-order chi connectivity index (χ1) is 9.04. The summed E-state index contributed by atoms with van der Waals surface area (Å²) in [6.07, 6.45) is 1.26. The maximum absolute atomic E-state index is 10.7. The van der Waals surface area contributed by atoms with E-state index in [2.05, 4.69) is 4.98 Å². The summed E-state index contributed by atoms with van der Waals surface area (Å²) >= 11 is 0. The number of aryl methyl sites for hydroxylation is 1. The summed E-state index contributed by atoms with van der Waals surface area (Å²) in [7, 11) is 1.94. The van der Waals surface area contributed by atoms with E-state index in [1.165, 1.54) is 6.26 Å². The molecule has 0 saturated heterocycles. The number of hydrogen-bond donors (Lipinski definition) is 1. The predicted octanol–water partition coefficient (Wildman–Crippen LogP) is 2.31. The molecular weight excluding hydrogens is 244 g/mol. The molecule has 0 bridgehead atoms. The molecule has 0 fully saturated rings. The summed E-state index contributed by atoms with van der Waals surface area (Å²) in [4.78, 5) is 17.2. The van der Waals surface area contributed by atoms with E-state index in [-0.39, 0.29) is 5.56 Å². The van der Waals surface area contributed by atoms with E-state index in [1.807, 2.05) is 37.1 Å². The average molecular weight is 260 g/mol. The molecule has 0 aliphatic carbocycles. The van der Waals surface area contributed by atoms with Crippen molar-refractivity contribution in [3.63, 3.8) is 0 Å². The lowest BCUT2D eigenvalue weighted by Crippen LogP contribution is -2.17. The normalized spacial score (nSPS) is 10.9. The lowest BCUT2D eigenvalue weighted by atomic mass is 10.3. The van der Waals surface area contributed by atoms with Crippen molar-refractivity contribution in [2.45, 2.75) is 20.0 Å². The number of hydrogen-bond acceptors (Lipinski definition) is 4. The van der Waals surface area contributed by atoms with Gasteiger partial charge >= 0.3 is 5.97 Å². The summed E-state index contributed by atoms with van der Waals surface area (Å²) in [5.41, 5.74) is 2.14. The summed E-state index contributed by atoms with van der Waals surface area (Å²) in [5.74, 6) is -0.342. The smallest absolute Gasteiger partial charge is 0.338 e. The predicted molar refractivity (Wildman–Crippen MR) is 69.8 cm³/mol. The molecule has 2 aromatic heterocycles. The van der Waals surface area contributed by atoms with Crippen LogP contribution in [0.1, 0.15) is 27.5 Å². The van der Waals surface area contributed by atoms with Crippen LogP contribution < -0.4 is 0 Å². The Morgan fingerprint density at radius 2 is 2.21 bits per heavy atom. The van der Waals surface area contributed by atoms with Crippen LogP contribution in [0.2, 0.25) is 0 Å². The highest BCUT2D eigenvalue weighted by Crippen LogP contribution is 2.11. The highest BCUT2D eigenvalue weighted by atomic mass is 16.4. The first-order valence-corrected chi connectivity index (χ1v) is 5.96. The van der Waals surface area contributed by atoms with Crippen molar-refractivity contribution >= 4 is 5.97 Å². The Bertz CT molecular complexity index is 578. The molecule has 0 amide bonds. The molecule has 0 atom stereocenters. The number of pyridine rings is 1. The lowest BCUT2D eigenvalue weighted by molar-refractivity contribution is 0.0696. The fraction of sp³-hybridized carbons (Fsp3) is 0.286. The zero-order valence-electron chi connectivity index (χ0n) is 11.0. The standard InChI is InChI=1S/C14H16N2O3/c1-10-4-3-5-12(15-10)7-16(2)8-13-6-11(9-19-13)14(17)18/h3-6,9H,7-8H2,1-2H3,(H,17,18). The Morgan fingerprint density at radius 3 is 2.84 bits per heavy atom. The number of nitrogens with zero attached hydrogens (tertiary/aromatic N) is 2. The molecule has 0 spiro atoms. The maximum Gasteiger partial charge on any atom is 0.338 e. The van der Waals surface area contributed by atoms with E-state index >= 15 is 0 Å². The van der Waals surface area contributed by atoms with E-state index in [0.29, 0.717) is 18.8 Å². The number of aromatic nitrogens is 1. The Kier molecular flexibility index (Phi) is 3.97. The van der Waals surface area contributed by atoms with Crippen molar-refractivity contribution in [3.05, 3.63) is 53.2 Å². The van der Waals surface area contributed by atoms with Gasteiger partial charge in [-0.1, -0.05) is 6.07 Å². The molecule has 2 rings (SSSR count). The third-order valence-corrected chi connectivity index (χ3v) is 2.70. The van der Waals surface area contributed by atoms with Crippen LogP contribution in [0.3, 0.4) is 0 Å². The second kappa shape index (κ2) is 5.67. The average Bonchev–Trinajstić information content (AvgIpc) is 2.77. The third kappa shape index (κ3) is 3.66. The molecule has 2 aromatic rings. The second-order valence-electron chi connectivity index (χ2n) is 4.55. The minimum atomic E-state index is -0.974. The molecule has 0 saturated carbocycles. The van der Waals surface area contributed by atoms with Crippen LogP contribution in [0, 0.1) is 6.92 Å². The van der Waals surface area contributed by atoms with Crippen LogP contribution in [0.5, 0.6) is 0 Å². The largest absolute Gasteiger partial charge is 0.478 e. The topological polar surface area (TPSA) is 66.6 Å². The summed E-state index contributed by atoms with van der Waals surface area (Å²) < 4.78 is 5.22. The van der Waals surface area contributed by atoms with Gasteiger partial charge in [0, 0.05) is 12.2 Å². The van der Waals surface area contributed by atoms with Crippen molar-refractivity contribution in [1.29, 1.82) is 0 Å². The summed E-state index contributed by atoms with van der Waals surface area (Å²) in [6, 6.07) is 7.44. The Hall–Kier alpha value is -2.14. The van der Waals surface area contributed by atoms with Crippen LogP contribution >= 0.6 is 0 Å². The first kappa shape index (κ1) is 13.3. The van der Waals surface area contributed by atoms with Gasteiger partial charge in [-0.05, 0) is 32.2 Å². The zero-order valence-corrected chi connectivity index (χ0v) is 11.0. The van der Waals surface area contributed by atoms with Gasteiger partial charge in [0.2, 0.25) is 0 Å². The molecule has 100 valence electrons. The number of carboxylic acid groups (broad SMARTS) is 1. The van der Waals surface area contributed by atoms with Crippen molar-refractivity contribution in [2.75, 3.05) is 7.05 Å². The molecule has 2 heterocycles. The van der Waals surface area contributed by atoms with Crippen LogP contribution in [0.4, 0.5) is 0 Å². The van der Waals surface area contributed by atoms with E-state index in [9.17, 15) is 4.79 Å². The molecule has 0 aromatic carbocycles. The van der Waals surface area contributed by atoms with Gasteiger partial charge in [0.05, 0.1) is 17.8 Å². The van der Waals surface area contributed by atoms with Crippen molar-refractivity contribution < 1.29 is 14.3 Å². The quantitative estimate of drug-likeness (QED) is 0.893. The van der Waals surface area contributed by atoms with Gasteiger partial charge < -0.3 is 9.52 Å². The molecule has 0 aliphatic heterocycles. The molecule has 5 nitrogen and oxygen atoms in total. The minimum absolute atomic E-state index is 0.178. The molecule has 19 heavy (non-hydrogen) atoms. The first-order valence-electron chi connectivity index (χ1n) is 5.96. The Morgan fingerprint density at radius 1 is 1.42 bits per heavy atom. The molecule has 0 radical (unpaired) electrons. The number of carbonyl (C=O) groups is 1. The van der Waals surface area contributed by atoms with Crippen LogP contribution in [-0.2, 0) is 13.1 Å². The van der Waals surface area contributed by atoms with Gasteiger partial charge in [-0.15, -0.1) is 0 Å². The summed E-state index contributed by atoms with van der Waals surface area (Å²) in [6.45, 7) is 3.18. The molecule has 1 N–H and O–H groups in total. The SMILES string of the molecule is Cc1cccc(CN(C)Cc2cc(C(=O)O)co2)n1.